The molecule has 184 valence electrons. The van der Waals surface area contributed by atoms with E-state index in [1.165, 1.54) is 10.4 Å². The van der Waals surface area contributed by atoms with Gasteiger partial charge in [0.15, 0.2) is 0 Å². The number of carbonyl (C=O) groups excluding carboxylic acids is 1. The van der Waals surface area contributed by atoms with Gasteiger partial charge in [-0.3, -0.25) is 5.10 Å². The summed E-state index contributed by atoms with van der Waals surface area (Å²) < 4.78 is 11.9. The Morgan fingerprint density at radius 3 is 2.86 bits per heavy atom. The summed E-state index contributed by atoms with van der Waals surface area (Å²) in [6, 6.07) is 4.07. The molecule has 1 unspecified atom stereocenters. The molecular formula is C25H30N6O3S. The zero-order valence-electron chi connectivity index (χ0n) is 20.6. The van der Waals surface area contributed by atoms with E-state index in [9.17, 15) is 4.79 Å². The minimum absolute atomic E-state index is 0.0182. The van der Waals surface area contributed by atoms with E-state index >= 15 is 0 Å². The molecule has 3 heterocycles. The summed E-state index contributed by atoms with van der Waals surface area (Å²) in [5.74, 6) is 1.48. The number of benzene rings is 1. The minimum Gasteiger partial charge on any atom is -0.489 e. The fourth-order valence-electron chi connectivity index (χ4n) is 4.26. The van der Waals surface area contributed by atoms with Crippen LogP contribution in [-0.4, -0.2) is 56.5 Å². The number of carbonyl (C=O) groups is 1. The number of aryl methyl sites for hydroxylation is 1. The van der Waals surface area contributed by atoms with E-state index in [2.05, 4.69) is 25.5 Å². The van der Waals surface area contributed by atoms with Crippen LogP contribution in [0.25, 0.3) is 21.1 Å². The molecule has 0 radical (unpaired) electrons. The van der Waals surface area contributed by atoms with E-state index in [1.54, 1.807) is 35.8 Å². The molecule has 35 heavy (non-hydrogen) atoms. The van der Waals surface area contributed by atoms with E-state index in [4.69, 9.17) is 9.47 Å². The number of nitrogens with one attached hydrogen (secondary N) is 2. The molecule has 4 aromatic rings. The maximum absolute atomic E-state index is 12.4. The van der Waals surface area contributed by atoms with Crippen LogP contribution in [0.3, 0.4) is 0 Å². The Balaban J connectivity index is 1.45. The zero-order valence-corrected chi connectivity index (χ0v) is 21.4. The van der Waals surface area contributed by atoms with Gasteiger partial charge >= 0.3 is 6.09 Å². The molecule has 10 heteroatoms. The molecule has 2 N–H and O–H groups in total. The molecule has 3 aromatic heterocycles. The van der Waals surface area contributed by atoms with E-state index in [0.29, 0.717) is 6.42 Å². The first kappa shape index (κ1) is 23.3. The second-order valence-electron chi connectivity index (χ2n) is 9.46. The summed E-state index contributed by atoms with van der Waals surface area (Å²) in [5.41, 5.74) is 2.97. The lowest BCUT2D eigenvalue weighted by Gasteiger charge is -2.27. The average molecular weight is 495 g/mol. The van der Waals surface area contributed by atoms with Gasteiger partial charge in [0.25, 0.3) is 0 Å². The van der Waals surface area contributed by atoms with Crippen LogP contribution in [0.2, 0.25) is 0 Å². The van der Waals surface area contributed by atoms with Crippen LogP contribution in [-0.2, 0) is 17.6 Å². The third-order valence-electron chi connectivity index (χ3n) is 6.29. The Labute approximate surface area is 207 Å². The number of amides is 1. The lowest BCUT2D eigenvalue weighted by molar-refractivity contribution is 0.0569. The summed E-state index contributed by atoms with van der Waals surface area (Å²) in [6.45, 7) is 7.95. The number of hydrogen-bond acceptors (Lipinski definition) is 8. The first-order chi connectivity index (χ1) is 16.8. The summed E-state index contributed by atoms with van der Waals surface area (Å²) in [7, 11) is 1.77. The topological polar surface area (TPSA) is 105 Å². The number of rotatable bonds is 6. The van der Waals surface area contributed by atoms with Crippen molar-refractivity contribution < 1.29 is 14.3 Å². The average Bonchev–Trinajstić information content (AvgIpc) is 3.42. The van der Waals surface area contributed by atoms with Crippen LogP contribution in [0.15, 0.2) is 24.7 Å². The Morgan fingerprint density at radius 2 is 2.09 bits per heavy atom. The molecule has 0 spiro atoms. The van der Waals surface area contributed by atoms with Gasteiger partial charge in [-0.05, 0) is 52.2 Å². The van der Waals surface area contributed by atoms with Crippen molar-refractivity contribution in [3.8, 4) is 5.75 Å². The summed E-state index contributed by atoms with van der Waals surface area (Å²) >= 11 is 1.65. The molecule has 0 fully saturated rings. The molecule has 0 bridgehead atoms. The molecule has 0 saturated heterocycles. The van der Waals surface area contributed by atoms with E-state index < -0.39 is 0 Å². The van der Waals surface area contributed by atoms with E-state index in [-0.39, 0.29) is 24.3 Å². The largest absolute Gasteiger partial charge is 0.489 e. The molecule has 1 aromatic carbocycles. The number of ether oxygens (including phenoxy) is 2. The van der Waals surface area contributed by atoms with Crippen molar-refractivity contribution in [3.63, 3.8) is 0 Å². The zero-order chi connectivity index (χ0) is 24.7. The second-order valence-corrected chi connectivity index (χ2v) is 10.5. The van der Waals surface area contributed by atoms with Crippen LogP contribution in [0.4, 0.5) is 16.3 Å². The Hall–Kier alpha value is -3.40. The number of hydrogen-bond donors (Lipinski definition) is 2. The number of anilines is 2. The van der Waals surface area contributed by atoms with Gasteiger partial charge in [-0.1, -0.05) is 0 Å². The first-order valence-electron chi connectivity index (χ1n) is 11.9. The van der Waals surface area contributed by atoms with Crippen molar-refractivity contribution in [3.05, 3.63) is 35.1 Å². The summed E-state index contributed by atoms with van der Waals surface area (Å²) in [6.07, 6.45) is 5.25. The molecule has 1 aliphatic rings. The van der Waals surface area contributed by atoms with Crippen molar-refractivity contribution in [2.75, 3.05) is 12.4 Å². The normalized spacial score (nSPS) is 15.6. The Morgan fingerprint density at radius 1 is 1.26 bits per heavy atom. The van der Waals surface area contributed by atoms with Crippen molar-refractivity contribution in [1.29, 1.82) is 0 Å². The van der Waals surface area contributed by atoms with Gasteiger partial charge in [-0.2, -0.15) is 5.10 Å². The number of nitrogens with zero attached hydrogens (tertiary/aromatic N) is 4. The quantitative estimate of drug-likeness (QED) is 0.368. The molecule has 1 aliphatic carbocycles. The van der Waals surface area contributed by atoms with E-state index in [0.717, 1.165) is 51.2 Å². The second kappa shape index (κ2) is 9.33. The molecule has 9 nitrogen and oxygen atoms in total. The predicted octanol–water partition coefficient (Wildman–Crippen LogP) is 5.43. The van der Waals surface area contributed by atoms with Crippen molar-refractivity contribution in [2.45, 2.75) is 65.2 Å². The number of aromatic amines is 1. The highest BCUT2D eigenvalue weighted by atomic mass is 32.1. The third-order valence-corrected chi connectivity index (χ3v) is 7.45. The number of fused-ring (bicyclic) bond motifs is 4. The van der Waals surface area contributed by atoms with Gasteiger partial charge in [0, 0.05) is 35.8 Å². The summed E-state index contributed by atoms with van der Waals surface area (Å²) in [5, 5.41) is 12.7. The number of H-pyrrole nitrogens is 1. The van der Waals surface area contributed by atoms with Crippen molar-refractivity contribution in [1.82, 2.24) is 25.1 Å². The maximum Gasteiger partial charge on any atom is 0.410 e. The summed E-state index contributed by atoms with van der Waals surface area (Å²) in [4.78, 5) is 25.3. The lowest BCUT2D eigenvalue weighted by Crippen LogP contribution is -2.37. The van der Waals surface area contributed by atoms with Crippen molar-refractivity contribution in [2.24, 2.45) is 0 Å². The lowest BCUT2D eigenvalue weighted by atomic mass is 9.94. The van der Waals surface area contributed by atoms with Crippen LogP contribution < -0.4 is 10.1 Å². The standard InChI is InChI=1S/C25H30N6O3S/c1-13(2)31(5)25(32)34-16-6-7-17-21(9-16)35-24-22(17)23(26-12-27-24)29-19-8-15-11-28-30-18(15)10-20(19)33-14(3)4/h8,10-14,16H,6-7,9H2,1-5H3,(H,28,30)(H,26,27,29). The Kier molecular flexibility index (Phi) is 6.22. The van der Waals surface area contributed by atoms with Gasteiger partial charge in [-0.15, -0.1) is 11.3 Å². The highest BCUT2D eigenvalue weighted by molar-refractivity contribution is 7.19. The highest BCUT2D eigenvalue weighted by Crippen LogP contribution is 2.41. The smallest absolute Gasteiger partial charge is 0.410 e. The molecule has 0 saturated carbocycles. The van der Waals surface area contributed by atoms with Crippen molar-refractivity contribution >= 4 is 50.1 Å². The van der Waals surface area contributed by atoms with Crippen LogP contribution in [0, 0.1) is 0 Å². The maximum atomic E-state index is 12.4. The molecule has 1 amide bonds. The highest BCUT2D eigenvalue weighted by Gasteiger charge is 2.28. The first-order valence-corrected chi connectivity index (χ1v) is 12.7. The van der Waals surface area contributed by atoms with Gasteiger partial charge in [0.05, 0.1) is 28.9 Å². The fourth-order valence-corrected chi connectivity index (χ4v) is 5.51. The Bertz CT molecular complexity index is 1380. The van der Waals surface area contributed by atoms with Gasteiger partial charge < -0.3 is 19.7 Å². The monoisotopic (exact) mass is 494 g/mol. The molecule has 0 aliphatic heterocycles. The van der Waals surface area contributed by atoms with Gasteiger partial charge in [-0.25, -0.2) is 14.8 Å². The van der Waals surface area contributed by atoms with Crippen LogP contribution >= 0.6 is 11.3 Å². The SMILES string of the molecule is CC(C)Oc1cc2[nH]ncc2cc1Nc1ncnc2sc3c(c12)CCC(OC(=O)N(C)C(C)C)C3. The predicted molar refractivity (Wildman–Crippen MR) is 138 cm³/mol. The molecule has 5 rings (SSSR count). The van der Waals surface area contributed by atoms with Crippen LogP contribution in [0.1, 0.15) is 44.6 Å². The van der Waals surface area contributed by atoms with Gasteiger partial charge in [0.1, 0.15) is 28.8 Å². The third kappa shape index (κ3) is 4.62. The molecule has 1 atom stereocenters. The minimum atomic E-state index is -0.274. The fraction of sp³-hybridized carbons (Fsp3) is 0.440. The van der Waals surface area contributed by atoms with Gasteiger partial charge in [0.2, 0.25) is 0 Å². The van der Waals surface area contributed by atoms with Crippen LogP contribution in [0.5, 0.6) is 5.75 Å². The molecular weight excluding hydrogens is 464 g/mol. The number of thiophene rings is 1. The number of aromatic nitrogens is 4. The van der Waals surface area contributed by atoms with E-state index in [1.807, 2.05) is 39.8 Å².